The predicted molar refractivity (Wildman–Crippen MR) is 78.1 cm³/mol. The van der Waals surface area contributed by atoms with Crippen molar-refractivity contribution in [1.29, 1.82) is 0 Å². The number of nitrogens with zero attached hydrogens (tertiary/aromatic N) is 1. The molecule has 0 aliphatic carbocycles. The molecule has 0 heterocycles. The van der Waals surface area contributed by atoms with E-state index in [0.717, 1.165) is 11.1 Å². The third-order valence-corrected chi connectivity index (χ3v) is 3.21. The average Bonchev–Trinajstić information content (AvgIpc) is 2.46. The van der Waals surface area contributed by atoms with Crippen LogP contribution in [0, 0.1) is 24.0 Å². The summed E-state index contributed by atoms with van der Waals surface area (Å²) in [6.45, 7) is 3.66. The summed E-state index contributed by atoms with van der Waals surface area (Å²) in [5.74, 6) is -0.559. The van der Waals surface area contributed by atoms with Crippen LogP contribution < -0.4 is 0 Å². The standard InChI is InChI=1S/C16H15NO4/c1-11-6-8-13(9-7-11)10-21-16(18)14-4-3-5-15(12(14)2)17(19)20/h3-9H,10H2,1-2H3. The smallest absolute Gasteiger partial charge is 0.338 e. The Morgan fingerprint density at radius 1 is 1.14 bits per heavy atom. The molecule has 0 bridgehead atoms. The number of hydrogen-bond acceptors (Lipinski definition) is 4. The molecule has 5 heteroatoms. The van der Waals surface area contributed by atoms with Crippen molar-refractivity contribution in [2.24, 2.45) is 0 Å². The van der Waals surface area contributed by atoms with Crippen LogP contribution in [0.1, 0.15) is 27.0 Å². The molecule has 0 amide bonds. The molecule has 0 saturated heterocycles. The van der Waals surface area contributed by atoms with Gasteiger partial charge in [-0.1, -0.05) is 35.9 Å². The van der Waals surface area contributed by atoms with E-state index in [1.54, 1.807) is 6.92 Å². The molecule has 2 rings (SSSR count). The first-order chi connectivity index (χ1) is 9.99. The zero-order valence-electron chi connectivity index (χ0n) is 11.8. The number of rotatable bonds is 4. The van der Waals surface area contributed by atoms with E-state index in [-0.39, 0.29) is 17.9 Å². The molecule has 0 aliphatic rings. The van der Waals surface area contributed by atoms with Gasteiger partial charge in [0.05, 0.1) is 10.5 Å². The van der Waals surface area contributed by atoms with Gasteiger partial charge in [0.25, 0.3) is 5.69 Å². The first kappa shape index (κ1) is 14.7. The van der Waals surface area contributed by atoms with Crippen molar-refractivity contribution in [2.45, 2.75) is 20.5 Å². The third kappa shape index (κ3) is 3.45. The minimum Gasteiger partial charge on any atom is -0.457 e. The van der Waals surface area contributed by atoms with Crippen LogP contribution in [0.5, 0.6) is 0 Å². The molecule has 0 atom stereocenters. The average molecular weight is 285 g/mol. The molecule has 0 saturated carbocycles. The summed E-state index contributed by atoms with van der Waals surface area (Å²) >= 11 is 0. The minimum absolute atomic E-state index is 0.0835. The normalized spacial score (nSPS) is 10.2. The number of carbonyl (C=O) groups excluding carboxylic acids is 1. The maximum Gasteiger partial charge on any atom is 0.338 e. The first-order valence-electron chi connectivity index (χ1n) is 6.45. The monoisotopic (exact) mass is 285 g/mol. The molecule has 21 heavy (non-hydrogen) atoms. The van der Waals surface area contributed by atoms with Crippen LogP contribution >= 0.6 is 0 Å². The van der Waals surface area contributed by atoms with E-state index in [1.807, 2.05) is 31.2 Å². The number of carbonyl (C=O) groups is 1. The summed E-state index contributed by atoms with van der Waals surface area (Å²) in [5, 5.41) is 10.9. The van der Waals surface area contributed by atoms with Gasteiger partial charge in [0.2, 0.25) is 0 Å². The topological polar surface area (TPSA) is 69.4 Å². The Bertz CT molecular complexity index is 677. The lowest BCUT2D eigenvalue weighted by Gasteiger charge is -2.07. The van der Waals surface area contributed by atoms with Gasteiger partial charge < -0.3 is 4.74 Å². The molecule has 0 unspecified atom stereocenters. The number of nitro groups is 1. The third-order valence-electron chi connectivity index (χ3n) is 3.21. The maximum absolute atomic E-state index is 12.0. The van der Waals surface area contributed by atoms with Crippen molar-refractivity contribution < 1.29 is 14.5 Å². The van der Waals surface area contributed by atoms with E-state index in [9.17, 15) is 14.9 Å². The number of esters is 1. The predicted octanol–water partition coefficient (Wildman–Crippen LogP) is 3.57. The highest BCUT2D eigenvalue weighted by molar-refractivity contribution is 5.92. The molecule has 0 radical (unpaired) electrons. The van der Waals surface area contributed by atoms with Crippen molar-refractivity contribution in [3.05, 3.63) is 74.8 Å². The second-order valence-corrected chi connectivity index (χ2v) is 4.77. The van der Waals surface area contributed by atoms with E-state index in [4.69, 9.17) is 4.74 Å². The van der Waals surface area contributed by atoms with Gasteiger partial charge >= 0.3 is 5.97 Å². The summed E-state index contributed by atoms with van der Waals surface area (Å²) in [7, 11) is 0. The van der Waals surface area contributed by atoms with Gasteiger partial charge in [0.15, 0.2) is 0 Å². The Hall–Kier alpha value is -2.69. The largest absolute Gasteiger partial charge is 0.457 e. The highest BCUT2D eigenvalue weighted by Crippen LogP contribution is 2.22. The lowest BCUT2D eigenvalue weighted by Crippen LogP contribution is -2.08. The van der Waals surface area contributed by atoms with Gasteiger partial charge in [-0.05, 0) is 25.5 Å². The van der Waals surface area contributed by atoms with Crippen molar-refractivity contribution >= 4 is 11.7 Å². The number of benzene rings is 2. The van der Waals surface area contributed by atoms with Crippen molar-refractivity contribution in [3.8, 4) is 0 Å². The molecule has 108 valence electrons. The van der Waals surface area contributed by atoms with Crippen LogP contribution in [0.4, 0.5) is 5.69 Å². The first-order valence-corrected chi connectivity index (χ1v) is 6.45. The van der Waals surface area contributed by atoms with Crippen molar-refractivity contribution in [3.63, 3.8) is 0 Å². The van der Waals surface area contributed by atoms with E-state index in [1.165, 1.54) is 18.2 Å². The second kappa shape index (κ2) is 6.17. The highest BCUT2D eigenvalue weighted by Gasteiger charge is 2.18. The van der Waals surface area contributed by atoms with Gasteiger partial charge in [-0.2, -0.15) is 0 Å². The van der Waals surface area contributed by atoms with Gasteiger partial charge in [-0.3, -0.25) is 10.1 Å². The summed E-state index contributed by atoms with van der Waals surface area (Å²) in [6, 6.07) is 12.0. The Labute approximate surface area is 122 Å². The minimum atomic E-state index is -0.559. The molecule has 2 aromatic rings. The molecular formula is C16H15NO4. The molecule has 0 N–H and O–H groups in total. The summed E-state index contributed by atoms with van der Waals surface area (Å²) in [4.78, 5) is 22.4. The van der Waals surface area contributed by atoms with Crippen LogP contribution in [0.15, 0.2) is 42.5 Å². The van der Waals surface area contributed by atoms with Gasteiger partial charge in [-0.15, -0.1) is 0 Å². The van der Waals surface area contributed by atoms with Crippen molar-refractivity contribution in [1.82, 2.24) is 0 Å². The molecule has 5 nitrogen and oxygen atoms in total. The fraction of sp³-hybridized carbons (Fsp3) is 0.188. The van der Waals surface area contributed by atoms with Crippen LogP contribution in [0.25, 0.3) is 0 Å². The zero-order chi connectivity index (χ0) is 15.4. The van der Waals surface area contributed by atoms with Crippen LogP contribution in [-0.2, 0) is 11.3 Å². The molecule has 0 fully saturated rings. The molecule has 0 aliphatic heterocycles. The lowest BCUT2D eigenvalue weighted by atomic mass is 10.1. The Balaban J connectivity index is 2.12. The van der Waals surface area contributed by atoms with E-state index >= 15 is 0 Å². The van der Waals surface area contributed by atoms with Gasteiger partial charge in [0, 0.05) is 11.6 Å². The Kier molecular flexibility index (Phi) is 4.33. The Morgan fingerprint density at radius 3 is 2.43 bits per heavy atom. The molecule has 0 spiro atoms. The van der Waals surface area contributed by atoms with Gasteiger partial charge in [0.1, 0.15) is 6.61 Å². The summed E-state index contributed by atoms with van der Waals surface area (Å²) < 4.78 is 5.21. The molecular weight excluding hydrogens is 270 g/mol. The van der Waals surface area contributed by atoms with Crippen LogP contribution in [0.2, 0.25) is 0 Å². The number of aryl methyl sites for hydroxylation is 1. The fourth-order valence-electron chi connectivity index (χ4n) is 1.95. The van der Waals surface area contributed by atoms with E-state index < -0.39 is 10.9 Å². The van der Waals surface area contributed by atoms with Gasteiger partial charge in [-0.25, -0.2) is 4.79 Å². The molecule has 0 aromatic heterocycles. The van der Waals surface area contributed by atoms with Crippen molar-refractivity contribution in [2.75, 3.05) is 0 Å². The Morgan fingerprint density at radius 2 is 1.81 bits per heavy atom. The van der Waals surface area contributed by atoms with E-state index in [0.29, 0.717) is 5.56 Å². The number of hydrogen-bond donors (Lipinski definition) is 0. The lowest BCUT2D eigenvalue weighted by molar-refractivity contribution is -0.385. The summed E-state index contributed by atoms with van der Waals surface area (Å²) in [6.07, 6.45) is 0. The van der Waals surface area contributed by atoms with E-state index in [2.05, 4.69) is 0 Å². The van der Waals surface area contributed by atoms with Crippen LogP contribution in [-0.4, -0.2) is 10.9 Å². The summed E-state index contributed by atoms with van der Waals surface area (Å²) in [5.41, 5.74) is 2.45. The molecule has 2 aromatic carbocycles. The number of ether oxygens (including phenoxy) is 1. The van der Waals surface area contributed by atoms with Crippen LogP contribution in [0.3, 0.4) is 0 Å². The number of nitro benzene ring substituents is 1. The highest BCUT2D eigenvalue weighted by atomic mass is 16.6. The second-order valence-electron chi connectivity index (χ2n) is 4.77. The zero-order valence-corrected chi connectivity index (χ0v) is 11.8. The quantitative estimate of drug-likeness (QED) is 0.489. The SMILES string of the molecule is Cc1ccc(COC(=O)c2cccc([N+](=O)[O-])c2C)cc1. The maximum atomic E-state index is 12.0. The fourth-order valence-corrected chi connectivity index (χ4v) is 1.95.